The van der Waals surface area contributed by atoms with Gasteiger partial charge in [0, 0.05) is 18.0 Å². The number of halogens is 4. The number of aromatic nitrogens is 5. The first-order valence-corrected chi connectivity index (χ1v) is 9.49. The molecule has 11 heteroatoms. The molecule has 3 heterocycles. The molecule has 0 saturated carbocycles. The van der Waals surface area contributed by atoms with Crippen LogP contribution in [0.15, 0.2) is 48.7 Å². The number of nitrogens with one attached hydrogen (secondary N) is 1. The second kappa shape index (κ2) is 7.66. The molecule has 0 aliphatic rings. The molecule has 0 aliphatic heterocycles. The number of carbonyl (C=O) groups excluding carboxylic acids is 1. The second-order valence-corrected chi connectivity index (χ2v) is 7.42. The summed E-state index contributed by atoms with van der Waals surface area (Å²) in [5, 5.41) is 7.27. The molecule has 1 aromatic carbocycles. The maximum atomic E-state index is 13.7. The van der Waals surface area contributed by atoms with Crippen molar-refractivity contribution in [3.05, 3.63) is 76.3 Å². The summed E-state index contributed by atoms with van der Waals surface area (Å²) in [5.74, 6) is -0.546. The van der Waals surface area contributed by atoms with Crippen molar-refractivity contribution >= 4 is 40.6 Å². The Morgan fingerprint density at radius 1 is 1.20 bits per heavy atom. The Morgan fingerprint density at radius 2 is 1.93 bits per heavy atom. The molecule has 0 aliphatic carbocycles. The van der Waals surface area contributed by atoms with Gasteiger partial charge in [0.1, 0.15) is 10.7 Å². The summed E-state index contributed by atoms with van der Waals surface area (Å²) < 4.78 is 29.8. The molecule has 154 valence electrons. The van der Waals surface area contributed by atoms with Crippen LogP contribution in [0, 0.1) is 6.92 Å². The van der Waals surface area contributed by atoms with Gasteiger partial charge in [0.25, 0.3) is 5.91 Å². The summed E-state index contributed by atoms with van der Waals surface area (Å²) in [4.78, 5) is 16.7. The van der Waals surface area contributed by atoms with Gasteiger partial charge in [-0.05, 0) is 30.2 Å². The Balaban J connectivity index is 1.59. The molecule has 4 aromatic rings. The number of alkyl halides is 3. The van der Waals surface area contributed by atoms with E-state index in [2.05, 4.69) is 20.5 Å². The fourth-order valence-electron chi connectivity index (χ4n) is 2.92. The summed E-state index contributed by atoms with van der Waals surface area (Å²) >= 11 is 11.3. The molecule has 7 nitrogen and oxygen atoms in total. The van der Waals surface area contributed by atoms with Gasteiger partial charge in [-0.25, -0.2) is 9.50 Å². The van der Waals surface area contributed by atoms with Crippen LogP contribution < -0.4 is 5.32 Å². The van der Waals surface area contributed by atoms with E-state index in [4.69, 9.17) is 23.2 Å². The van der Waals surface area contributed by atoms with Gasteiger partial charge < -0.3 is 5.32 Å². The van der Waals surface area contributed by atoms with E-state index in [9.17, 15) is 13.6 Å². The molecule has 4 rings (SSSR count). The summed E-state index contributed by atoms with van der Waals surface area (Å²) in [5.41, 5.74) is 0.661. The molecule has 1 N–H and O–H groups in total. The topological polar surface area (TPSA) is 77.1 Å². The first-order valence-electron chi connectivity index (χ1n) is 8.73. The zero-order valence-electron chi connectivity index (χ0n) is 15.5. The Morgan fingerprint density at radius 3 is 2.63 bits per heavy atom. The lowest BCUT2D eigenvalue weighted by atomic mass is 10.2. The number of amides is 1. The average molecular weight is 451 g/mol. The van der Waals surface area contributed by atoms with Crippen molar-refractivity contribution < 1.29 is 13.6 Å². The van der Waals surface area contributed by atoms with Gasteiger partial charge in [0.2, 0.25) is 0 Å². The molecule has 0 unspecified atom stereocenters. The van der Waals surface area contributed by atoms with Gasteiger partial charge in [-0.1, -0.05) is 41.9 Å². The van der Waals surface area contributed by atoms with Crippen molar-refractivity contribution in [2.45, 2.75) is 18.9 Å². The van der Waals surface area contributed by atoms with Crippen molar-refractivity contribution in [3.8, 4) is 0 Å². The Labute approximate surface area is 179 Å². The van der Waals surface area contributed by atoms with Crippen LogP contribution in [0.5, 0.6) is 0 Å². The zero-order chi connectivity index (χ0) is 21.5. The van der Waals surface area contributed by atoms with E-state index >= 15 is 0 Å². The van der Waals surface area contributed by atoms with Crippen LogP contribution in [0.1, 0.15) is 27.4 Å². The van der Waals surface area contributed by atoms with E-state index in [1.54, 1.807) is 10.9 Å². The quantitative estimate of drug-likeness (QED) is 0.454. The summed E-state index contributed by atoms with van der Waals surface area (Å²) in [6.07, 6.45) is 1.57. The summed E-state index contributed by atoms with van der Waals surface area (Å²) in [6.45, 7) is 2.00. The highest BCUT2D eigenvalue weighted by atomic mass is 35.5. The molecular weight excluding hydrogens is 437 g/mol. The first kappa shape index (κ1) is 20.2. The Hall–Kier alpha value is -3.04. The van der Waals surface area contributed by atoms with Crippen LogP contribution in [-0.2, 0) is 11.9 Å². The van der Waals surface area contributed by atoms with Crippen molar-refractivity contribution in [2.75, 3.05) is 5.32 Å². The maximum absolute atomic E-state index is 13.7. The molecule has 0 fully saturated rings. The zero-order valence-corrected chi connectivity index (χ0v) is 17.0. The van der Waals surface area contributed by atoms with Crippen molar-refractivity contribution in [1.29, 1.82) is 0 Å². The fourth-order valence-corrected chi connectivity index (χ4v) is 3.25. The average Bonchev–Trinajstić information content (AvgIpc) is 3.24. The minimum atomic E-state index is -3.68. The number of fused-ring (bicyclic) bond motifs is 1. The van der Waals surface area contributed by atoms with Gasteiger partial charge in [-0.3, -0.25) is 9.48 Å². The number of aryl methyl sites for hydroxylation is 1. The van der Waals surface area contributed by atoms with Crippen molar-refractivity contribution in [2.24, 2.45) is 0 Å². The SMILES string of the molecule is Cc1cc(C(F)(F)Cl)n2nc(C(=O)Nc3nn(Cc4ccccc4)cc3Cl)cc2n1. The predicted octanol–water partition coefficient (Wildman–Crippen LogP) is 4.48. The maximum Gasteiger partial charge on any atom is 0.364 e. The highest BCUT2D eigenvalue weighted by molar-refractivity contribution is 6.33. The highest BCUT2D eigenvalue weighted by Crippen LogP contribution is 2.32. The first-order chi connectivity index (χ1) is 14.2. The third kappa shape index (κ3) is 4.12. The Kier molecular flexibility index (Phi) is 5.17. The van der Waals surface area contributed by atoms with E-state index in [0.717, 1.165) is 16.1 Å². The number of anilines is 1. The van der Waals surface area contributed by atoms with Crippen LogP contribution in [0.3, 0.4) is 0 Å². The van der Waals surface area contributed by atoms with Crippen LogP contribution in [0.25, 0.3) is 5.65 Å². The molecule has 0 atom stereocenters. The molecule has 0 bridgehead atoms. The number of carbonyl (C=O) groups is 1. The van der Waals surface area contributed by atoms with Gasteiger partial charge in [0.05, 0.1) is 6.54 Å². The van der Waals surface area contributed by atoms with Crippen LogP contribution >= 0.6 is 23.2 Å². The third-order valence-electron chi connectivity index (χ3n) is 4.21. The number of hydrogen-bond acceptors (Lipinski definition) is 4. The summed E-state index contributed by atoms with van der Waals surface area (Å²) in [6, 6.07) is 12.0. The van der Waals surface area contributed by atoms with Gasteiger partial charge in [-0.15, -0.1) is 0 Å². The normalized spacial score (nSPS) is 11.8. The number of rotatable bonds is 5. The molecule has 30 heavy (non-hydrogen) atoms. The number of nitrogens with zero attached hydrogens (tertiary/aromatic N) is 5. The number of hydrogen-bond donors (Lipinski definition) is 1. The summed E-state index contributed by atoms with van der Waals surface area (Å²) in [7, 11) is 0. The lowest BCUT2D eigenvalue weighted by Crippen LogP contribution is -2.15. The molecule has 0 saturated heterocycles. The van der Waals surface area contributed by atoms with Crippen LogP contribution in [0.4, 0.5) is 14.6 Å². The van der Waals surface area contributed by atoms with E-state index < -0.39 is 17.0 Å². The third-order valence-corrected chi connectivity index (χ3v) is 4.68. The molecule has 3 aromatic heterocycles. The van der Waals surface area contributed by atoms with Gasteiger partial charge >= 0.3 is 5.38 Å². The minimum Gasteiger partial charge on any atom is -0.302 e. The lowest BCUT2D eigenvalue weighted by molar-refractivity contribution is 0.0868. The fraction of sp³-hybridized carbons (Fsp3) is 0.158. The minimum absolute atomic E-state index is 0.0659. The van der Waals surface area contributed by atoms with E-state index in [1.165, 1.54) is 13.0 Å². The van der Waals surface area contributed by atoms with Crippen molar-refractivity contribution in [3.63, 3.8) is 0 Å². The molecule has 0 spiro atoms. The molecule has 0 radical (unpaired) electrons. The predicted molar refractivity (Wildman–Crippen MR) is 108 cm³/mol. The van der Waals surface area contributed by atoms with E-state index in [0.29, 0.717) is 12.2 Å². The lowest BCUT2D eigenvalue weighted by Gasteiger charge is -2.10. The van der Waals surface area contributed by atoms with E-state index in [-0.39, 0.29) is 22.2 Å². The highest BCUT2D eigenvalue weighted by Gasteiger charge is 2.32. The second-order valence-electron chi connectivity index (χ2n) is 6.54. The molecular formula is C19H14Cl2F2N6O. The van der Waals surface area contributed by atoms with Gasteiger partial charge in [0.15, 0.2) is 17.2 Å². The van der Waals surface area contributed by atoms with E-state index in [1.807, 2.05) is 30.3 Å². The smallest absolute Gasteiger partial charge is 0.302 e. The van der Waals surface area contributed by atoms with Crippen molar-refractivity contribution in [1.82, 2.24) is 24.4 Å². The monoisotopic (exact) mass is 450 g/mol. The van der Waals surface area contributed by atoms with Crippen LogP contribution in [-0.4, -0.2) is 30.3 Å². The van der Waals surface area contributed by atoms with Gasteiger partial charge in [-0.2, -0.15) is 19.0 Å². The Bertz CT molecular complexity index is 1230. The molecule has 1 amide bonds. The largest absolute Gasteiger partial charge is 0.364 e. The van der Waals surface area contributed by atoms with Crippen LogP contribution in [0.2, 0.25) is 5.02 Å². The standard InChI is InChI=1S/C19H14Cl2F2N6O/c1-11-7-15(19(21,22)23)29-16(24-11)8-14(26-29)18(30)25-17-13(20)10-28(27-17)9-12-5-3-2-4-6-12/h2-8,10H,9H2,1H3,(H,25,27,30). The number of benzene rings is 1.